The van der Waals surface area contributed by atoms with Gasteiger partial charge in [0.05, 0.1) is 0 Å². The molecule has 3 N–H and O–H groups in total. The second-order valence-electron chi connectivity index (χ2n) is 30.4. The molecule has 0 aromatic heterocycles. The fourth-order valence-corrected chi connectivity index (χ4v) is 13.2. The molecule has 0 aliphatic heterocycles. The summed E-state index contributed by atoms with van der Waals surface area (Å²) in [5.74, 6) is -3.77. The summed E-state index contributed by atoms with van der Waals surface area (Å²) in [5, 5.41) is 46.0. The number of carboxylic acids is 5. The van der Waals surface area contributed by atoms with Crippen molar-refractivity contribution in [3.8, 4) is 0 Å². The summed E-state index contributed by atoms with van der Waals surface area (Å²) in [4.78, 5) is 51.4. The molecule has 0 aliphatic rings. The number of hydrogen-bond acceptors (Lipinski definition) is 7. The smallest absolute Gasteiger partial charge is 0.303 e. The molecule has 101 heavy (non-hydrogen) atoms. The second-order valence-corrected chi connectivity index (χ2v) is 30.4. The van der Waals surface area contributed by atoms with Gasteiger partial charge in [-0.25, -0.2) is 0 Å². The van der Waals surface area contributed by atoms with Gasteiger partial charge in [0.15, 0.2) is 0 Å². The Hall–Kier alpha value is -1.56. The van der Waals surface area contributed by atoms with Crippen LogP contribution in [-0.4, -0.2) is 45.2 Å². The molecule has 0 unspecified atom stereocenters. The Balaban J connectivity index is -0.000000279. The van der Waals surface area contributed by atoms with Crippen LogP contribution in [0.4, 0.5) is 0 Å². The summed E-state index contributed by atoms with van der Waals surface area (Å²) >= 11 is 0. The van der Waals surface area contributed by atoms with E-state index in [-0.39, 0.29) is 45.1 Å². The zero-order valence-corrected chi connectivity index (χ0v) is 73.7. The molecule has 0 heterocycles. The zero-order chi connectivity index (χ0) is 74.5. The van der Waals surface area contributed by atoms with Crippen LogP contribution < -0.4 is 10.2 Å². The van der Waals surface area contributed by atoms with E-state index in [0.29, 0.717) is 19.3 Å². The van der Waals surface area contributed by atoms with E-state index in [1.807, 2.05) is 0 Å². The molecule has 0 amide bonds. The molecule has 0 aliphatic carbocycles. The molecule has 0 spiro atoms. The zero-order valence-electron chi connectivity index (χ0n) is 68.8. The molecule has 0 atom stereocenters. The normalized spacial score (nSPS) is 10.7. The molecule has 0 saturated carbocycles. The van der Waals surface area contributed by atoms with Gasteiger partial charge in [0.25, 0.3) is 0 Å². The number of carbonyl (C=O) groups is 5. The summed E-state index contributed by atoms with van der Waals surface area (Å²) in [6.45, 7) is 11.3. The fourth-order valence-electron chi connectivity index (χ4n) is 13.2. The molecular weight excluding hydrogens is 1470 g/mol. The SMILES string of the molecule is CCCCCCCCCCCCCCCCCC(=O)O.CCCCCCCCCCCCCCCCCC(=O)O.CCCCCCCCCCCCCCCCCC(=O)O.CCCCCCCCCCCCCCCCCC(=O)[O-].CCCCCCCCCCCCCCCCCC(=O)[O-].[Pa]. The maximum atomic E-state index is 10.3. The minimum Gasteiger partial charge on any atom is -0.550 e. The summed E-state index contributed by atoms with van der Waals surface area (Å²) in [6.07, 6.45) is 100. The van der Waals surface area contributed by atoms with Gasteiger partial charge in [0, 0.05) is 63.5 Å². The molecule has 603 valence electrons. The Morgan fingerprint density at radius 3 is 0.317 bits per heavy atom. The number of hydrogen-bond donors (Lipinski definition) is 3. The van der Waals surface area contributed by atoms with Crippen molar-refractivity contribution >= 4 is 29.8 Å². The van der Waals surface area contributed by atoms with Gasteiger partial charge in [0.2, 0.25) is 0 Å². The van der Waals surface area contributed by atoms with Crippen molar-refractivity contribution in [1.29, 1.82) is 0 Å². The van der Waals surface area contributed by atoms with Crippen LogP contribution in [0.25, 0.3) is 0 Å². The van der Waals surface area contributed by atoms with Crippen LogP contribution in [0, 0.1) is 32.3 Å². The van der Waals surface area contributed by atoms with Gasteiger partial charge < -0.3 is 35.1 Å². The Bertz CT molecular complexity index is 1270. The van der Waals surface area contributed by atoms with Crippen molar-refractivity contribution < 1.29 is 81.8 Å². The molecule has 0 fully saturated rings. The molecule has 10 nitrogen and oxygen atoms in total. The topological polar surface area (TPSA) is 192 Å². The third kappa shape index (κ3) is 132. The van der Waals surface area contributed by atoms with Crippen LogP contribution in [0.15, 0.2) is 0 Å². The van der Waals surface area contributed by atoms with Crippen molar-refractivity contribution in [2.75, 3.05) is 0 Å². The standard InChI is InChI=1S/5C18H36O2.Pa/c5*1-2-3-4-5-6-7-8-9-10-11-12-13-14-15-16-17-18(19)20;/h5*2-17H2,1H3,(H,19,20);/p-2. The van der Waals surface area contributed by atoms with Crippen LogP contribution in [-0.2, 0) is 24.0 Å². The van der Waals surface area contributed by atoms with Crippen molar-refractivity contribution in [3.63, 3.8) is 0 Å². The quantitative estimate of drug-likeness (QED) is 0.0494. The first kappa shape index (κ1) is 110. The minimum absolute atomic E-state index is 0. The summed E-state index contributed by atoms with van der Waals surface area (Å²) in [5.41, 5.74) is 0. The van der Waals surface area contributed by atoms with E-state index in [2.05, 4.69) is 34.6 Å². The molecule has 1 radical (unpaired) electrons. The summed E-state index contributed by atoms with van der Waals surface area (Å²) < 4.78 is 0. The van der Waals surface area contributed by atoms with Gasteiger partial charge in [-0.1, -0.05) is 484 Å². The average molecular weight is 1650 g/mol. The largest absolute Gasteiger partial charge is 0.550 e. The average Bonchev–Trinajstić information content (AvgIpc) is 3.67. The Morgan fingerprint density at radius 1 is 0.158 bits per heavy atom. The van der Waals surface area contributed by atoms with E-state index in [4.69, 9.17) is 15.3 Å². The van der Waals surface area contributed by atoms with E-state index in [9.17, 15) is 34.2 Å². The third-order valence-electron chi connectivity index (χ3n) is 20.0. The van der Waals surface area contributed by atoms with Gasteiger partial charge in [-0.2, -0.15) is 0 Å². The van der Waals surface area contributed by atoms with Crippen molar-refractivity contribution in [2.24, 2.45) is 0 Å². The first-order valence-electron chi connectivity index (χ1n) is 44.9. The summed E-state index contributed by atoms with van der Waals surface area (Å²) in [7, 11) is 0. The van der Waals surface area contributed by atoms with Gasteiger partial charge >= 0.3 is 17.9 Å². The van der Waals surface area contributed by atoms with Gasteiger partial charge in [0.1, 0.15) is 0 Å². The van der Waals surface area contributed by atoms with Gasteiger partial charge in [-0.3, -0.25) is 14.4 Å². The fraction of sp³-hybridized carbons (Fsp3) is 0.944. The number of rotatable bonds is 80. The van der Waals surface area contributed by atoms with Crippen molar-refractivity contribution in [2.45, 2.75) is 548 Å². The van der Waals surface area contributed by atoms with Crippen LogP contribution in [0.5, 0.6) is 0 Å². The number of carbonyl (C=O) groups excluding carboxylic acids is 2. The van der Waals surface area contributed by atoms with E-state index in [0.717, 1.165) is 64.2 Å². The van der Waals surface area contributed by atoms with Crippen LogP contribution in [0.2, 0.25) is 0 Å². The molecule has 0 rings (SSSR count). The van der Waals surface area contributed by atoms with Gasteiger partial charge in [-0.05, 0) is 44.9 Å². The monoisotopic (exact) mass is 1650 g/mol. The molecule has 0 aromatic carbocycles. The Morgan fingerprint density at radius 2 is 0.238 bits per heavy atom. The minimum atomic E-state index is -0.903. The van der Waals surface area contributed by atoms with Crippen LogP contribution in [0.1, 0.15) is 548 Å². The molecule has 0 aromatic rings. The second kappa shape index (κ2) is 107. The van der Waals surface area contributed by atoms with E-state index in [1.165, 1.54) is 417 Å². The first-order valence-corrected chi connectivity index (χ1v) is 44.9. The molecule has 11 heteroatoms. The first-order chi connectivity index (χ1) is 48.9. The predicted octanol–water partition coefficient (Wildman–Crippen LogP) is 29.0. The van der Waals surface area contributed by atoms with E-state index >= 15 is 0 Å². The van der Waals surface area contributed by atoms with Crippen molar-refractivity contribution in [1.82, 2.24) is 0 Å². The molecular formula is C90H178O10Pa-2. The Labute approximate surface area is 655 Å². The number of carboxylic acid groups (broad SMARTS) is 5. The third-order valence-corrected chi connectivity index (χ3v) is 20.0. The number of unbranched alkanes of at least 4 members (excludes halogenated alkanes) is 70. The number of aliphatic carboxylic acids is 5. The predicted molar refractivity (Wildman–Crippen MR) is 431 cm³/mol. The molecule has 0 bridgehead atoms. The van der Waals surface area contributed by atoms with Crippen molar-refractivity contribution in [3.05, 3.63) is 0 Å². The van der Waals surface area contributed by atoms with E-state index < -0.39 is 29.8 Å². The van der Waals surface area contributed by atoms with Crippen LogP contribution >= 0.6 is 0 Å². The summed E-state index contributed by atoms with van der Waals surface area (Å²) in [6, 6.07) is 0. The maximum absolute atomic E-state index is 10.3. The van der Waals surface area contributed by atoms with Crippen LogP contribution in [0.3, 0.4) is 0 Å². The maximum Gasteiger partial charge on any atom is 0.303 e. The Kier molecular flexibility index (Phi) is 117. The van der Waals surface area contributed by atoms with E-state index in [1.54, 1.807) is 0 Å². The molecule has 0 saturated heterocycles. The van der Waals surface area contributed by atoms with Gasteiger partial charge in [-0.15, -0.1) is 0 Å².